The van der Waals surface area contributed by atoms with Crippen LogP contribution >= 0.6 is 12.2 Å². The number of anilines is 3. The van der Waals surface area contributed by atoms with Crippen molar-refractivity contribution in [2.75, 3.05) is 11.5 Å². The quantitative estimate of drug-likeness (QED) is 0.182. The first-order valence-corrected chi connectivity index (χ1v) is 12.1. The molecule has 0 aliphatic heterocycles. The summed E-state index contributed by atoms with van der Waals surface area (Å²) in [5, 5.41) is 11.8. The van der Waals surface area contributed by atoms with Crippen molar-refractivity contribution in [2.24, 2.45) is 5.10 Å². The summed E-state index contributed by atoms with van der Waals surface area (Å²) in [5.41, 5.74) is 5.07. The zero-order valence-corrected chi connectivity index (χ0v) is 20.6. The van der Waals surface area contributed by atoms with E-state index in [1.54, 1.807) is 10.9 Å². The molecule has 1 heterocycles. The molecule has 1 N–H and O–H groups in total. The standard InChI is InChI=1S/C29H25N5OS/c1-2-35-27-19-15-23(16-20-27)28-31-32-29(36)34(28)30-21-22-13-17-26(18-14-22)33(24-9-5-3-6-10-24)25-11-7-4-8-12-25/h3-21H,2H2,1H3,(H,32,36)/b30-21+. The van der Waals surface area contributed by atoms with Crippen LogP contribution in [0.2, 0.25) is 0 Å². The van der Waals surface area contributed by atoms with Gasteiger partial charge in [0.15, 0.2) is 5.82 Å². The van der Waals surface area contributed by atoms with Crippen LogP contribution in [0.3, 0.4) is 0 Å². The SMILES string of the molecule is CCOc1ccc(-c2n[nH]c(=S)n2/N=C/c2ccc(N(c3ccccc3)c3ccccc3)cc2)cc1. The van der Waals surface area contributed by atoms with Crippen LogP contribution in [-0.2, 0) is 0 Å². The van der Waals surface area contributed by atoms with Crippen LogP contribution in [0.4, 0.5) is 17.1 Å². The predicted octanol–water partition coefficient (Wildman–Crippen LogP) is 7.36. The van der Waals surface area contributed by atoms with Crippen LogP contribution in [0, 0.1) is 4.77 Å². The van der Waals surface area contributed by atoms with Crippen LogP contribution in [0.15, 0.2) is 114 Å². The lowest BCUT2D eigenvalue weighted by molar-refractivity contribution is 0.340. The maximum atomic E-state index is 5.53. The van der Waals surface area contributed by atoms with E-state index in [0.29, 0.717) is 17.2 Å². The third-order valence-corrected chi connectivity index (χ3v) is 5.84. The van der Waals surface area contributed by atoms with Gasteiger partial charge in [0.2, 0.25) is 4.77 Å². The van der Waals surface area contributed by atoms with E-state index in [0.717, 1.165) is 33.9 Å². The molecular weight excluding hydrogens is 466 g/mol. The van der Waals surface area contributed by atoms with E-state index >= 15 is 0 Å². The molecule has 0 unspecified atom stereocenters. The number of aromatic amines is 1. The first-order chi connectivity index (χ1) is 17.7. The lowest BCUT2D eigenvalue weighted by Crippen LogP contribution is -2.09. The molecule has 6 nitrogen and oxygen atoms in total. The average molecular weight is 492 g/mol. The number of benzene rings is 4. The van der Waals surface area contributed by atoms with E-state index in [-0.39, 0.29) is 0 Å². The van der Waals surface area contributed by atoms with E-state index in [4.69, 9.17) is 17.0 Å². The first-order valence-electron chi connectivity index (χ1n) is 11.7. The summed E-state index contributed by atoms with van der Waals surface area (Å²) in [7, 11) is 0. The van der Waals surface area contributed by atoms with Gasteiger partial charge in [0.1, 0.15) is 5.75 Å². The highest BCUT2D eigenvalue weighted by molar-refractivity contribution is 7.71. The van der Waals surface area contributed by atoms with Crippen molar-refractivity contribution in [1.82, 2.24) is 14.9 Å². The average Bonchev–Trinajstić information content (AvgIpc) is 3.30. The normalized spacial score (nSPS) is 11.0. The van der Waals surface area contributed by atoms with Gasteiger partial charge in [-0.15, -0.1) is 0 Å². The zero-order valence-electron chi connectivity index (χ0n) is 19.8. The second-order valence-electron chi connectivity index (χ2n) is 7.96. The zero-order chi connectivity index (χ0) is 24.7. The Morgan fingerprint density at radius 3 is 2.00 bits per heavy atom. The smallest absolute Gasteiger partial charge is 0.216 e. The third-order valence-electron chi connectivity index (χ3n) is 5.58. The highest BCUT2D eigenvalue weighted by atomic mass is 32.1. The first kappa shape index (κ1) is 23.3. The van der Waals surface area contributed by atoms with Gasteiger partial charge in [-0.2, -0.15) is 14.9 Å². The van der Waals surface area contributed by atoms with Gasteiger partial charge in [-0.25, -0.2) is 5.10 Å². The Bertz CT molecular complexity index is 1450. The molecule has 0 saturated carbocycles. The Balaban J connectivity index is 1.41. The molecule has 5 aromatic rings. The van der Waals surface area contributed by atoms with Gasteiger partial charge in [-0.1, -0.05) is 48.5 Å². The Morgan fingerprint density at radius 2 is 1.42 bits per heavy atom. The van der Waals surface area contributed by atoms with Gasteiger partial charge in [0.05, 0.1) is 12.8 Å². The number of hydrogen-bond acceptors (Lipinski definition) is 5. The number of ether oxygens (including phenoxy) is 1. The summed E-state index contributed by atoms with van der Waals surface area (Å²) >= 11 is 5.42. The molecular formula is C29H25N5OS. The number of hydrogen-bond donors (Lipinski definition) is 1. The van der Waals surface area contributed by atoms with E-state index in [2.05, 4.69) is 56.6 Å². The number of nitrogens with zero attached hydrogens (tertiary/aromatic N) is 4. The van der Waals surface area contributed by atoms with Gasteiger partial charge in [-0.3, -0.25) is 0 Å². The maximum absolute atomic E-state index is 5.53. The molecule has 7 heteroatoms. The molecule has 0 saturated heterocycles. The summed E-state index contributed by atoms with van der Waals surface area (Å²) in [4.78, 5) is 2.22. The highest BCUT2D eigenvalue weighted by Crippen LogP contribution is 2.34. The van der Waals surface area contributed by atoms with E-state index < -0.39 is 0 Å². The van der Waals surface area contributed by atoms with Gasteiger partial charge < -0.3 is 9.64 Å². The minimum absolute atomic E-state index is 0.422. The summed E-state index contributed by atoms with van der Waals surface area (Å²) in [5.74, 6) is 1.45. The van der Waals surface area contributed by atoms with E-state index in [9.17, 15) is 0 Å². The fourth-order valence-electron chi connectivity index (χ4n) is 3.89. The summed E-state index contributed by atoms with van der Waals surface area (Å²) in [6.07, 6.45) is 1.78. The second kappa shape index (κ2) is 10.8. The lowest BCUT2D eigenvalue weighted by atomic mass is 10.1. The molecule has 0 spiro atoms. The fraction of sp³-hybridized carbons (Fsp3) is 0.0690. The topological polar surface area (TPSA) is 58.4 Å². The predicted molar refractivity (Wildman–Crippen MR) is 148 cm³/mol. The monoisotopic (exact) mass is 491 g/mol. The van der Waals surface area contributed by atoms with Crippen LogP contribution in [0.5, 0.6) is 5.75 Å². The van der Waals surface area contributed by atoms with Gasteiger partial charge in [0.25, 0.3) is 0 Å². The number of aromatic nitrogens is 3. The van der Waals surface area contributed by atoms with Crippen LogP contribution in [0.1, 0.15) is 12.5 Å². The number of rotatable bonds is 8. The Labute approximate surface area is 215 Å². The summed E-state index contributed by atoms with van der Waals surface area (Å²) < 4.78 is 7.58. The minimum Gasteiger partial charge on any atom is -0.494 e. The second-order valence-corrected chi connectivity index (χ2v) is 8.35. The Kier molecular flexibility index (Phi) is 7.00. The molecule has 178 valence electrons. The van der Waals surface area contributed by atoms with Crippen LogP contribution in [-0.4, -0.2) is 27.7 Å². The van der Waals surface area contributed by atoms with Crippen molar-refractivity contribution in [3.63, 3.8) is 0 Å². The molecule has 0 aliphatic carbocycles. The van der Waals surface area contributed by atoms with E-state index in [1.807, 2.05) is 79.7 Å². The van der Waals surface area contributed by atoms with E-state index in [1.165, 1.54) is 0 Å². The minimum atomic E-state index is 0.422. The molecule has 0 amide bonds. The summed E-state index contributed by atoms with van der Waals surface area (Å²) in [6.45, 7) is 2.58. The number of H-pyrrole nitrogens is 1. The van der Waals surface area contributed by atoms with Crippen molar-refractivity contribution in [3.05, 3.63) is 120 Å². The van der Waals surface area contributed by atoms with Gasteiger partial charge >= 0.3 is 0 Å². The molecule has 1 aromatic heterocycles. The van der Waals surface area contributed by atoms with Crippen molar-refractivity contribution in [1.29, 1.82) is 0 Å². The Morgan fingerprint density at radius 1 is 0.833 bits per heavy atom. The molecule has 36 heavy (non-hydrogen) atoms. The van der Waals surface area contributed by atoms with Crippen molar-refractivity contribution in [3.8, 4) is 17.1 Å². The van der Waals surface area contributed by atoms with Crippen LogP contribution < -0.4 is 9.64 Å². The number of nitrogens with one attached hydrogen (secondary N) is 1. The van der Waals surface area contributed by atoms with Gasteiger partial charge in [0, 0.05) is 22.6 Å². The maximum Gasteiger partial charge on any atom is 0.216 e. The van der Waals surface area contributed by atoms with Gasteiger partial charge in [-0.05, 0) is 85.4 Å². The number of para-hydroxylation sites is 2. The lowest BCUT2D eigenvalue weighted by Gasteiger charge is -2.25. The molecule has 0 aliphatic rings. The van der Waals surface area contributed by atoms with Crippen molar-refractivity contribution >= 4 is 35.5 Å². The molecule has 0 bridgehead atoms. The molecule has 0 radical (unpaired) electrons. The van der Waals surface area contributed by atoms with Crippen molar-refractivity contribution in [2.45, 2.75) is 6.92 Å². The molecule has 4 aromatic carbocycles. The highest BCUT2D eigenvalue weighted by Gasteiger charge is 2.12. The largest absolute Gasteiger partial charge is 0.494 e. The molecule has 5 rings (SSSR count). The Hall–Kier alpha value is -4.49. The molecule has 0 fully saturated rings. The molecule has 0 atom stereocenters. The van der Waals surface area contributed by atoms with Crippen molar-refractivity contribution < 1.29 is 4.74 Å². The third kappa shape index (κ3) is 5.11. The summed E-state index contributed by atoms with van der Waals surface area (Å²) in [6, 6.07) is 36.6. The fourth-order valence-corrected chi connectivity index (χ4v) is 4.07. The van der Waals surface area contributed by atoms with Crippen LogP contribution in [0.25, 0.3) is 11.4 Å².